The van der Waals surface area contributed by atoms with Crippen LogP contribution in [-0.2, 0) is 16.3 Å². The fourth-order valence-corrected chi connectivity index (χ4v) is 5.01. The molecule has 4 aromatic rings. The van der Waals surface area contributed by atoms with Crippen LogP contribution >= 0.6 is 11.8 Å². The largest absolute Gasteiger partial charge is 0.484 e. The predicted octanol–water partition coefficient (Wildman–Crippen LogP) is 5.41. The third kappa shape index (κ3) is 4.03. The van der Waals surface area contributed by atoms with Gasteiger partial charge in [-0.3, -0.25) is 4.79 Å². The summed E-state index contributed by atoms with van der Waals surface area (Å²) in [6.45, 7) is 4.08. The first kappa shape index (κ1) is 19.7. The lowest BCUT2D eigenvalue weighted by Gasteiger charge is -2.13. The maximum Gasteiger partial charge on any atom is 0.263 e. The van der Waals surface area contributed by atoms with Crippen LogP contribution in [0, 0.1) is 13.8 Å². The van der Waals surface area contributed by atoms with E-state index in [2.05, 4.69) is 43.4 Å². The minimum Gasteiger partial charge on any atom is -0.484 e. The second-order valence-corrected chi connectivity index (χ2v) is 8.86. The van der Waals surface area contributed by atoms with Crippen molar-refractivity contribution in [2.24, 2.45) is 0 Å². The maximum atomic E-state index is 12.8. The number of thioether (sulfide) groups is 1. The molecule has 1 aliphatic heterocycles. The van der Waals surface area contributed by atoms with Crippen LogP contribution < -0.4 is 10.1 Å². The Balaban J connectivity index is 1.37. The monoisotopic (exact) mass is 429 g/mol. The first-order valence-electron chi connectivity index (χ1n) is 10.3. The van der Waals surface area contributed by atoms with Crippen molar-refractivity contribution < 1.29 is 9.53 Å². The quantitative estimate of drug-likeness (QED) is 0.461. The molecule has 0 saturated carbocycles. The van der Waals surface area contributed by atoms with Gasteiger partial charge in [0, 0.05) is 17.1 Å². The van der Waals surface area contributed by atoms with Gasteiger partial charge in [-0.1, -0.05) is 36.4 Å². The number of nitrogens with one attached hydrogen (secondary N) is 1. The predicted molar refractivity (Wildman–Crippen MR) is 126 cm³/mol. The summed E-state index contributed by atoms with van der Waals surface area (Å²) in [5.41, 5.74) is 5.43. The van der Waals surface area contributed by atoms with Crippen LogP contribution in [0.2, 0.25) is 0 Å². The van der Waals surface area contributed by atoms with Crippen molar-refractivity contribution in [3.05, 3.63) is 83.0 Å². The summed E-state index contributed by atoms with van der Waals surface area (Å²) in [4.78, 5) is 12.8. The number of fused-ring (bicyclic) bond motifs is 2. The number of nitrogens with zero attached hydrogens (tertiary/aromatic N) is 2. The fourth-order valence-electron chi connectivity index (χ4n) is 3.98. The summed E-state index contributed by atoms with van der Waals surface area (Å²) in [6.07, 6.45) is 0. The minimum atomic E-state index is -0.196. The van der Waals surface area contributed by atoms with Gasteiger partial charge in [0.2, 0.25) is 0 Å². The molecule has 2 heterocycles. The lowest BCUT2D eigenvalue weighted by molar-refractivity contribution is -0.118. The molecule has 31 heavy (non-hydrogen) atoms. The van der Waals surface area contributed by atoms with Gasteiger partial charge in [-0.05, 0) is 60.0 Å². The molecule has 156 valence electrons. The van der Waals surface area contributed by atoms with Gasteiger partial charge in [-0.15, -0.1) is 0 Å². The molecule has 0 radical (unpaired) electrons. The van der Waals surface area contributed by atoms with Crippen molar-refractivity contribution in [1.82, 2.24) is 9.78 Å². The smallest absolute Gasteiger partial charge is 0.263 e. The summed E-state index contributed by atoms with van der Waals surface area (Å²) < 4.78 is 7.64. The molecule has 5 rings (SSSR count). The van der Waals surface area contributed by atoms with E-state index < -0.39 is 0 Å². The van der Waals surface area contributed by atoms with Gasteiger partial charge >= 0.3 is 0 Å². The molecule has 6 heteroatoms. The van der Waals surface area contributed by atoms with Crippen LogP contribution in [0.3, 0.4) is 0 Å². The molecule has 0 spiro atoms. The second kappa shape index (κ2) is 8.12. The Bertz CT molecular complexity index is 1280. The Morgan fingerprint density at radius 2 is 1.81 bits per heavy atom. The van der Waals surface area contributed by atoms with Gasteiger partial charge in [-0.25, -0.2) is 4.68 Å². The van der Waals surface area contributed by atoms with E-state index in [-0.39, 0.29) is 12.5 Å². The number of aromatic nitrogens is 2. The number of amides is 1. The maximum absolute atomic E-state index is 12.8. The van der Waals surface area contributed by atoms with E-state index in [0.29, 0.717) is 5.75 Å². The lowest BCUT2D eigenvalue weighted by atomic mass is 10.1. The normalized spacial score (nSPS) is 12.7. The molecule has 0 fully saturated rings. The highest BCUT2D eigenvalue weighted by molar-refractivity contribution is 7.98. The first-order valence-corrected chi connectivity index (χ1v) is 11.4. The van der Waals surface area contributed by atoms with Crippen LogP contribution in [0.5, 0.6) is 5.75 Å². The third-order valence-corrected chi connectivity index (χ3v) is 6.32. The van der Waals surface area contributed by atoms with Crippen LogP contribution in [0.25, 0.3) is 16.5 Å². The van der Waals surface area contributed by atoms with Crippen LogP contribution in [0.1, 0.15) is 22.4 Å². The number of aryl methyl sites for hydroxylation is 2. The Kier molecular flexibility index (Phi) is 5.16. The summed E-state index contributed by atoms with van der Waals surface area (Å²) >= 11 is 1.81. The summed E-state index contributed by atoms with van der Waals surface area (Å²) in [5.74, 6) is 2.94. The van der Waals surface area contributed by atoms with Crippen molar-refractivity contribution in [1.29, 1.82) is 0 Å². The van der Waals surface area contributed by atoms with Crippen molar-refractivity contribution in [2.75, 3.05) is 11.9 Å². The molecule has 3 aromatic carbocycles. The van der Waals surface area contributed by atoms with E-state index in [9.17, 15) is 4.79 Å². The second-order valence-electron chi connectivity index (χ2n) is 7.87. The van der Waals surface area contributed by atoms with E-state index in [4.69, 9.17) is 9.84 Å². The lowest BCUT2D eigenvalue weighted by Crippen LogP contribution is -2.22. The Labute approximate surface area is 185 Å². The minimum absolute atomic E-state index is 0.0573. The summed E-state index contributed by atoms with van der Waals surface area (Å²) in [6, 6.07) is 20.2. The molecule has 1 aromatic heterocycles. The van der Waals surface area contributed by atoms with Crippen molar-refractivity contribution >= 4 is 34.3 Å². The van der Waals surface area contributed by atoms with Crippen molar-refractivity contribution in [3.8, 4) is 11.4 Å². The molecule has 1 aliphatic rings. The van der Waals surface area contributed by atoms with Gasteiger partial charge in [0.15, 0.2) is 6.61 Å². The van der Waals surface area contributed by atoms with E-state index in [1.807, 2.05) is 52.8 Å². The van der Waals surface area contributed by atoms with Crippen LogP contribution in [0.15, 0.2) is 60.7 Å². The molecular weight excluding hydrogens is 406 g/mol. The molecule has 0 atom stereocenters. The van der Waals surface area contributed by atoms with E-state index >= 15 is 0 Å². The third-order valence-electron chi connectivity index (χ3n) is 5.35. The van der Waals surface area contributed by atoms with Gasteiger partial charge in [-0.2, -0.15) is 16.9 Å². The van der Waals surface area contributed by atoms with Crippen molar-refractivity contribution in [3.63, 3.8) is 0 Å². The van der Waals surface area contributed by atoms with Gasteiger partial charge in [0.05, 0.1) is 11.4 Å². The zero-order valence-corrected chi connectivity index (χ0v) is 18.3. The van der Waals surface area contributed by atoms with Crippen molar-refractivity contribution in [2.45, 2.75) is 25.4 Å². The molecule has 0 aliphatic carbocycles. The van der Waals surface area contributed by atoms with Crippen LogP contribution in [0.4, 0.5) is 5.82 Å². The number of hydrogen-bond acceptors (Lipinski definition) is 4. The molecule has 1 amide bonds. The standard InChI is InChI=1S/C25H23N3O2S/c1-16-9-17(2)11-20(10-16)28-25(22-14-31-15-23(22)27-28)26-24(29)13-30-21-8-7-18-5-3-4-6-19(18)12-21/h3-12H,13-15H2,1-2H3,(H,26,29). The zero-order chi connectivity index (χ0) is 21.4. The number of carbonyl (C=O) groups is 1. The Morgan fingerprint density at radius 1 is 1.03 bits per heavy atom. The Hall–Kier alpha value is -3.25. The fraction of sp³-hybridized carbons (Fsp3) is 0.200. The van der Waals surface area contributed by atoms with Gasteiger partial charge in [0.25, 0.3) is 5.91 Å². The molecule has 0 saturated heterocycles. The SMILES string of the molecule is Cc1cc(C)cc(-n2nc3c(c2NC(=O)COc2ccc4ccccc4c2)CSC3)c1. The molecule has 0 bridgehead atoms. The zero-order valence-electron chi connectivity index (χ0n) is 17.5. The number of benzene rings is 3. The summed E-state index contributed by atoms with van der Waals surface area (Å²) in [5, 5.41) is 10.1. The average Bonchev–Trinajstić information content (AvgIpc) is 3.34. The number of carbonyl (C=O) groups excluding carboxylic acids is 1. The summed E-state index contributed by atoms with van der Waals surface area (Å²) in [7, 11) is 0. The molecular formula is C25H23N3O2S. The van der Waals surface area contributed by atoms with E-state index in [1.165, 1.54) is 0 Å². The molecule has 0 unspecified atom stereocenters. The number of ether oxygens (including phenoxy) is 1. The highest BCUT2D eigenvalue weighted by atomic mass is 32.2. The highest BCUT2D eigenvalue weighted by Gasteiger charge is 2.25. The number of hydrogen-bond donors (Lipinski definition) is 1. The van der Waals surface area contributed by atoms with E-state index in [1.54, 1.807) is 0 Å². The Morgan fingerprint density at radius 3 is 2.61 bits per heavy atom. The number of anilines is 1. The average molecular weight is 430 g/mol. The molecule has 1 N–H and O–H groups in total. The topological polar surface area (TPSA) is 56.2 Å². The number of rotatable bonds is 5. The van der Waals surface area contributed by atoms with Crippen LogP contribution in [-0.4, -0.2) is 22.3 Å². The van der Waals surface area contributed by atoms with Gasteiger partial charge < -0.3 is 10.1 Å². The van der Waals surface area contributed by atoms with E-state index in [0.717, 1.165) is 56.2 Å². The highest BCUT2D eigenvalue weighted by Crippen LogP contribution is 2.36. The first-order chi connectivity index (χ1) is 15.1. The molecule has 5 nitrogen and oxygen atoms in total. The van der Waals surface area contributed by atoms with Gasteiger partial charge in [0.1, 0.15) is 11.6 Å².